The molecule has 1 aromatic carbocycles. The molecule has 1 saturated carbocycles. The van der Waals surface area contributed by atoms with E-state index in [1.165, 1.54) is 0 Å². The number of nitrogens with zero attached hydrogens (tertiary/aromatic N) is 3. The number of benzene rings is 1. The summed E-state index contributed by atoms with van der Waals surface area (Å²) < 4.78 is 83.6. The lowest BCUT2D eigenvalue weighted by atomic mass is 9.81. The van der Waals surface area contributed by atoms with E-state index in [0.29, 0.717) is 36.4 Å². The third-order valence-corrected chi connectivity index (χ3v) is 6.30. The second kappa shape index (κ2) is 10.3. The van der Waals surface area contributed by atoms with Crippen LogP contribution in [0, 0.1) is 11.8 Å². The number of nitrogens with one attached hydrogen (secondary N) is 1. The van der Waals surface area contributed by atoms with Crippen molar-refractivity contribution >= 4 is 11.9 Å². The van der Waals surface area contributed by atoms with Crippen molar-refractivity contribution in [2.75, 3.05) is 25.0 Å². The van der Waals surface area contributed by atoms with Crippen molar-refractivity contribution in [1.82, 2.24) is 15.5 Å². The normalized spacial score (nSPS) is 19.3. The van der Waals surface area contributed by atoms with Crippen LogP contribution in [0.2, 0.25) is 0 Å². The maximum Gasteiger partial charge on any atom is 0.416 e. The molecule has 1 fully saturated rings. The van der Waals surface area contributed by atoms with Crippen LogP contribution in [0.5, 0.6) is 0 Å². The lowest BCUT2D eigenvalue weighted by Crippen LogP contribution is -2.34. The minimum atomic E-state index is -5.00. The molecule has 0 spiro atoms. The average molecular weight is 521 g/mol. The van der Waals surface area contributed by atoms with Crippen molar-refractivity contribution in [3.8, 4) is 0 Å². The third kappa shape index (κ3) is 7.13. The van der Waals surface area contributed by atoms with Gasteiger partial charge in [-0.15, -0.1) is 0 Å². The van der Waals surface area contributed by atoms with Gasteiger partial charge in [0, 0.05) is 31.1 Å². The number of alkyl halides is 6. The number of halogens is 6. The van der Waals surface area contributed by atoms with Crippen LogP contribution in [0.3, 0.4) is 0 Å². The van der Waals surface area contributed by atoms with Crippen LogP contribution in [-0.4, -0.2) is 36.2 Å². The number of rotatable bonds is 6. The molecule has 0 atom stereocenters. The fourth-order valence-electron chi connectivity index (χ4n) is 4.19. The molecule has 0 radical (unpaired) electrons. The number of amides is 1. The van der Waals surface area contributed by atoms with Gasteiger partial charge in [0.05, 0.1) is 11.1 Å². The Kier molecular flexibility index (Phi) is 7.95. The maximum absolute atomic E-state index is 13.0. The number of carbonyl (C=O) groups is 1. The molecular weight excluding hydrogens is 490 g/mol. The molecule has 0 saturated heterocycles. The molecule has 1 aliphatic carbocycles. The third-order valence-electron chi connectivity index (χ3n) is 6.30. The Morgan fingerprint density at radius 1 is 0.972 bits per heavy atom. The predicted molar refractivity (Wildman–Crippen MR) is 120 cm³/mol. The Labute approximate surface area is 205 Å². The Morgan fingerprint density at radius 2 is 1.50 bits per heavy atom. The highest BCUT2D eigenvalue weighted by atomic mass is 19.4. The highest BCUT2D eigenvalue weighted by Crippen LogP contribution is 2.36. The lowest BCUT2D eigenvalue weighted by Gasteiger charge is -2.31. The SMILES string of the molecule is CN(CC1CCC(CNC(=O)c2cc(C(F)(F)F)cc(C(F)(F)F)c2)CC1)c1noc(C(C)(C)C)n1. The molecule has 1 aliphatic rings. The fraction of sp³-hybridized carbons (Fsp3) is 0.625. The van der Waals surface area contributed by atoms with Crippen molar-refractivity contribution in [3.05, 3.63) is 40.8 Å². The molecule has 1 amide bonds. The van der Waals surface area contributed by atoms with Gasteiger partial charge in [0.25, 0.3) is 11.9 Å². The first-order valence-corrected chi connectivity index (χ1v) is 11.7. The van der Waals surface area contributed by atoms with E-state index in [9.17, 15) is 31.1 Å². The van der Waals surface area contributed by atoms with Gasteiger partial charge in [-0.05, 0) is 60.9 Å². The number of hydrogen-bond donors (Lipinski definition) is 1. The van der Waals surface area contributed by atoms with Crippen LogP contribution >= 0.6 is 0 Å². The van der Waals surface area contributed by atoms with Gasteiger partial charge in [0.1, 0.15) is 0 Å². The molecule has 12 heteroatoms. The quantitative estimate of drug-likeness (QED) is 0.468. The Bertz CT molecular complexity index is 1020. The molecular formula is C24H30F6N4O2. The largest absolute Gasteiger partial charge is 0.416 e. The minimum Gasteiger partial charge on any atom is -0.352 e. The maximum atomic E-state index is 13.0. The lowest BCUT2D eigenvalue weighted by molar-refractivity contribution is -0.143. The van der Waals surface area contributed by atoms with Crippen molar-refractivity contribution in [3.63, 3.8) is 0 Å². The fourth-order valence-corrected chi connectivity index (χ4v) is 4.19. The van der Waals surface area contributed by atoms with Gasteiger partial charge in [-0.25, -0.2) is 0 Å². The summed E-state index contributed by atoms with van der Waals surface area (Å²) in [7, 11) is 1.88. The van der Waals surface area contributed by atoms with E-state index in [4.69, 9.17) is 4.52 Å². The number of carbonyl (C=O) groups excluding carboxylic acids is 1. The number of hydrogen-bond acceptors (Lipinski definition) is 5. The first kappa shape index (κ1) is 27.8. The summed E-state index contributed by atoms with van der Waals surface area (Å²) in [6.07, 6.45) is -6.74. The van der Waals surface area contributed by atoms with Crippen LogP contribution in [-0.2, 0) is 17.8 Å². The molecule has 200 valence electrons. The molecule has 1 N–H and O–H groups in total. The van der Waals surface area contributed by atoms with Crippen LogP contribution in [0.25, 0.3) is 0 Å². The zero-order valence-electron chi connectivity index (χ0n) is 20.6. The molecule has 2 aromatic rings. The van der Waals surface area contributed by atoms with Crippen molar-refractivity contribution in [2.24, 2.45) is 11.8 Å². The standard InChI is InChI=1S/C24H30F6N4O2/c1-22(2,3)20-32-21(33-36-20)34(4)13-15-7-5-14(6-8-15)12-31-19(35)16-9-17(23(25,26)27)11-18(10-16)24(28,29)30/h9-11,14-15H,5-8,12-13H2,1-4H3,(H,31,35). The van der Waals surface area contributed by atoms with Gasteiger partial charge in [0.2, 0.25) is 5.89 Å². The van der Waals surface area contributed by atoms with E-state index in [1.807, 2.05) is 32.7 Å². The Hall–Kier alpha value is -2.79. The average Bonchev–Trinajstić information content (AvgIpc) is 3.28. The monoisotopic (exact) mass is 520 g/mol. The molecule has 1 heterocycles. The number of aromatic nitrogens is 2. The van der Waals surface area contributed by atoms with Gasteiger partial charge < -0.3 is 14.7 Å². The van der Waals surface area contributed by atoms with Gasteiger partial charge >= 0.3 is 12.4 Å². The van der Waals surface area contributed by atoms with Crippen molar-refractivity contribution in [2.45, 2.75) is 64.2 Å². The molecule has 0 bridgehead atoms. The van der Waals surface area contributed by atoms with Crippen LogP contribution in [0.1, 0.15) is 73.8 Å². The second-order valence-electron chi connectivity index (χ2n) is 10.4. The van der Waals surface area contributed by atoms with E-state index in [0.717, 1.165) is 25.7 Å². The van der Waals surface area contributed by atoms with Crippen molar-refractivity contribution in [1.29, 1.82) is 0 Å². The Balaban J connectivity index is 1.53. The molecule has 1 aromatic heterocycles. The van der Waals surface area contributed by atoms with Crippen LogP contribution in [0.4, 0.5) is 32.3 Å². The minimum absolute atomic E-state index is 0.00752. The second-order valence-corrected chi connectivity index (χ2v) is 10.4. The summed E-state index contributed by atoms with van der Waals surface area (Å²) in [6, 6.07) is 0.897. The molecule has 0 aliphatic heterocycles. The predicted octanol–water partition coefficient (Wildman–Crippen LogP) is 6.08. The van der Waals surface area contributed by atoms with Gasteiger partial charge in [0.15, 0.2) is 0 Å². The van der Waals surface area contributed by atoms with Gasteiger partial charge in [-0.1, -0.05) is 20.8 Å². The zero-order chi connectivity index (χ0) is 26.9. The first-order valence-electron chi connectivity index (χ1n) is 11.7. The van der Waals surface area contributed by atoms with Crippen LogP contribution < -0.4 is 10.2 Å². The van der Waals surface area contributed by atoms with E-state index in [-0.39, 0.29) is 23.9 Å². The topological polar surface area (TPSA) is 71.3 Å². The Morgan fingerprint density at radius 3 is 1.97 bits per heavy atom. The van der Waals surface area contributed by atoms with Crippen LogP contribution in [0.15, 0.2) is 22.7 Å². The summed E-state index contributed by atoms with van der Waals surface area (Å²) in [6.45, 7) is 6.83. The number of anilines is 1. The van der Waals surface area contributed by atoms with E-state index in [2.05, 4.69) is 15.5 Å². The van der Waals surface area contributed by atoms with E-state index >= 15 is 0 Å². The first-order chi connectivity index (χ1) is 16.5. The van der Waals surface area contributed by atoms with Crippen molar-refractivity contribution < 1.29 is 35.7 Å². The molecule has 3 rings (SSSR count). The molecule has 6 nitrogen and oxygen atoms in total. The smallest absolute Gasteiger partial charge is 0.352 e. The van der Waals surface area contributed by atoms with E-state index in [1.54, 1.807) is 0 Å². The summed E-state index contributed by atoms with van der Waals surface area (Å²) in [5.41, 5.74) is -3.94. The molecule has 0 unspecified atom stereocenters. The van der Waals surface area contributed by atoms with Gasteiger partial charge in [-0.3, -0.25) is 4.79 Å². The highest BCUT2D eigenvalue weighted by Gasteiger charge is 2.37. The summed E-state index contributed by atoms with van der Waals surface area (Å²) in [5.74, 6) is 0.540. The highest BCUT2D eigenvalue weighted by molar-refractivity contribution is 5.94. The molecule has 36 heavy (non-hydrogen) atoms. The van der Waals surface area contributed by atoms with E-state index < -0.39 is 35.0 Å². The summed E-state index contributed by atoms with van der Waals surface area (Å²) in [4.78, 5) is 18.8. The summed E-state index contributed by atoms with van der Waals surface area (Å²) in [5, 5.41) is 6.54. The zero-order valence-corrected chi connectivity index (χ0v) is 20.6. The summed E-state index contributed by atoms with van der Waals surface area (Å²) >= 11 is 0. The van der Waals surface area contributed by atoms with Gasteiger partial charge in [-0.2, -0.15) is 31.3 Å².